The van der Waals surface area contributed by atoms with Crippen molar-refractivity contribution >= 4 is 17.4 Å². The lowest BCUT2D eigenvalue weighted by atomic mass is 9.99. The Labute approximate surface area is 164 Å². The van der Waals surface area contributed by atoms with Crippen LogP contribution in [0.25, 0.3) is 5.65 Å². The van der Waals surface area contributed by atoms with Gasteiger partial charge in [-0.1, -0.05) is 37.3 Å². The van der Waals surface area contributed by atoms with E-state index in [0.29, 0.717) is 25.0 Å². The number of benzene rings is 1. The zero-order chi connectivity index (χ0) is 19.3. The number of amides is 1. The summed E-state index contributed by atoms with van der Waals surface area (Å²) < 4.78 is 1.74. The number of aryl methyl sites for hydroxylation is 1. The lowest BCUT2D eigenvalue weighted by molar-refractivity contribution is -0.132. The Kier molecular flexibility index (Phi) is 5.50. The predicted octanol–water partition coefficient (Wildman–Crippen LogP) is 2.93. The number of hydrogen-bond acceptors (Lipinski definition) is 5. The highest BCUT2D eigenvalue weighted by atomic mass is 16.2. The Morgan fingerprint density at radius 2 is 1.89 bits per heavy atom. The molecule has 0 unspecified atom stereocenters. The third kappa shape index (κ3) is 4.30. The number of piperidine rings is 1. The monoisotopic (exact) mass is 378 g/mol. The number of hydrogen-bond donors (Lipinski definition) is 1. The van der Waals surface area contributed by atoms with E-state index < -0.39 is 0 Å². The number of fused-ring (bicyclic) bond motifs is 1. The van der Waals surface area contributed by atoms with Crippen LogP contribution >= 0.6 is 0 Å². The number of rotatable bonds is 6. The molecule has 0 atom stereocenters. The van der Waals surface area contributed by atoms with Gasteiger partial charge in [-0.15, -0.1) is 15.3 Å². The normalized spacial score (nSPS) is 15.1. The molecule has 0 aliphatic carbocycles. The van der Waals surface area contributed by atoms with Gasteiger partial charge in [0.15, 0.2) is 11.5 Å². The Morgan fingerprint density at radius 1 is 1.11 bits per heavy atom. The van der Waals surface area contributed by atoms with Crippen LogP contribution in [0.4, 0.5) is 5.82 Å². The summed E-state index contributed by atoms with van der Waals surface area (Å²) in [7, 11) is 0. The molecule has 1 aliphatic heterocycles. The standard InChI is InChI=1S/C21H26N6O/c1-16-11-13-26(14-12-16)21(28)10-9-20-24-23-19-8-7-18(25-27(19)20)22-15-17-5-3-2-4-6-17/h2-8,16H,9-15H2,1H3,(H,22,25). The van der Waals surface area contributed by atoms with Gasteiger partial charge in [0.1, 0.15) is 5.82 Å². The second kappa shape index (κ2) is 8.37. The van der Waals surface area contributed by atoms with Crippen molar-refractivity contribution in [2.45, 2.75) is 39.2 Å². The van der Waals surface area contributed by atoms with Gasteiger partial charge in [0.2, 0.25) is 5.91 Å². The fourth-order valence-electron chi connectivity index (χ4n) is 3.51. The highest BCUT2D eigenvalue weighted by Gasteiger charge is 2.20. The molecule has 1 aromatic carbocycles. The first-order chi connectivity index (χ1) is 13.7. The van der Waals surface area contributed by atoms with E-state index in [-0.39, 0.29) is 5.91 Å². The van der Waals surface area contributed by atoms with Crippen molar-refractivity contribution in [3.63, 3.8) is 0 Å². The van der Waals surface area contributed by atoms with E-state index in [1.165, 1.54) is 5.56 Å². The second-order valence-corrected chi connectivity index (χ2v) is 7.51. The highest BCUT2D eigenvalue weighted by Crippen LogP contribution is 2.17. The van der Waals surface area contributed by atoms with Crippen molar-refractivity contribution in [3.8, 4) is 0 Å². The third-order valence-corrected chi connectivity index (χ3v) is 5.34. The number of carbonyl (C=O) groups is 1. The molecule has 0 bridgehead atoms. The van der Waals surface area contributed by atoms with E-state index in [1.807, 2.05) is 35.2 Å². The maximum absolute atomic E-state index is 12.5. The van der Waals surface area contributed by atoms with Gasteiger partial charge in [0, 0.05) is 32.5 Å². The van der Waals surface area contributed by atoms with E-state index in [9.17, 15) is 4.79 Å². The molecule has 3 heterocycles. The number of nitrogens with zero attached hydrogens (tertiary/aromatic N) is 5. The van der Waals surface area contributed by atoms with Gasteiger partial charge < -0.3 is 10.2 Å². The van der Waals surface area contributed by atoms with Gasteiger partial charge in [0.05, 0.1) is 0 Å². The van der Waals surface area contributed by atoms with Crippen LogP contribution in [-0.2, 0) is 17.8 Å². The van der Waals surface area contributed by atoms with Crippen molar-refractivity contribution < 1.29 is 4.79 Å². The van der Waals surface area contributed by atoms with E-state index in [1.54, 1.807) is 4.52 Å². The lowest BCUT2D eigenvalue weighted by Crippen LogP contribution is -2.38. The minimum absolute atomic E-state index is 0.196. The molecule has 4 rings (SSSR count). The predicted molar refractivity (Wildman–Crippen MR) is 108 cm³/mol. The molecule has 1 fully saturated rings. The summed E-state index contributed by atoms with van der Waals surface area (Å²) in [6, 6.07) is 14.0. The Morgan fingerprint density at radius 3 is 2.68 bits per heavy atom. The van der Waals surface area contributed by atoms with Gasteiger partial charge >= 0.3 is 0 Å². The second-order valence-electron chi connectivity index (χ2n) is 7.51. The first-order valence-electron chi connectivity index (χ1n) is 9.96. The van der Waals surface area contributed by atoms with Gasteiger partial charge in [0.25, 0.3) is 0 Å². The molecule has 1 N–H and O–H groups in total. The van der Waals surface area contributed by atoms with Gasteiger partial charge in [-0.2, -0.15) is 4.52 Å². The summed E-state index contributed by atoms with van der Waals surface area (Å²) in [6.45, 7) is 4.68. The maximum Gasteiger partial charge on any atom is 0.223 e. The zero-order valence-corrected chi connectivity index (χ0v) is 16.2. The molecule has 1 amide bonds. The number of anilines is 1. The quantitative estimate of drug-likeness (QED) is 0.714. The van der Waals surface area contributed by atoms with Crippen LogP contribution in [0.3, 0.4) is 0 Å². The van der Waals surface area contributed by atoms with Crippen LogP contribution in [0.2, 0.25) is 0 Å². The summed E-state index contributed by atoms with van der Waals surface area (Å²) in [5.41, 5.74) is 1.88. The largest absolute Gasteiger partial charge is 0.365 e. The molecule has 0 radical (unpaired) electrons. The Bertz CT molecular complexity index is 930. The van der Waals surface area contributed by atoms with E-state index in [2.05, 4.69) is 39.7 Å². The maximum atomic E-state index is 12.5. The van der Waals surface area contributed by atoms with Crippen molar-refractivity contribution in [1.82, 2.24) is 24.7 Å². The summed E-state index contributed by atoms with van der Waals surface area (Å²) in [5, 5.41) is 16.3. The average molecular weight is 378 g/mol. The third-order valence-electron chi connectivity index (χ3n) is 5.34. The Balaban J connectivity index is 1.39. The number of nitrogens with one attached hydrogen (secondary N) is 1. The van der Waals surface area contributed by atoms with E-state index >= 15 is 0 Å². The van der Waals surface area contributed by atoms with E-state index in [4.69, 9.17) is 0 Å². The summed E-state index contributed by atoms with van der Waals surface area (Å²) in [6.07, 6.45) is 3.18. The van der Waals surface area contributed by atoms with Crippen molar-refractivity contribution in [3.05, 3.63) is 53.9 Å². The Hall–Kier alpha value is -2.96. The molecule has 7 heteroatoms. The zero-order valence-electron chi connectivity index (χ0n) is 16.2. The van der Waals surface area contributed by atoms with E-state index in [0.717, 1.165) is 43.5 Å². The minimum atomic E-state index is 0.196. The summed E-state index contributed by atoms with van der Waals surface area (Å²) in [5.74, 6) is 2.39. The first-order valence-corrected chi connectivity index (χ1v) is 9.96. The highest BCUT2D eigenvalue weighted by molar-refractivity contribution is 5.76. The molecule has 0 saturated carbocycles. The fraction of sp³-hybridized carbons (Fsp3) is 0.429. The molecule has 1 aliphatic rings. The van der Waals surface area contributed by atoms with Crippen LogP contribution in [0, 0.1) is 5.92 Å². The van der Waals surface area contributed by atoms with Crippen molar-refractivity contribution in [2.75, 3.05) is 18.4 Å². The molecule has 28 heavy (non-hydrogen) atoms. The SMILES string of the molecule is CC1CCN(C(=O)CCc2nnc3ccc(NCc4ccccc4)nn23)CC1. The van der Waals surface area contributed by atoms with Crippen molar-refractivity contribution in [1.29, 1.82) is 0 Å². The van der Waals surface area contributed by atoms with Crippen LogP contribution in [0.5, 0.6) is 0 Å². The van der Waals surface area contributed by atoms with Gasteiger partial charge in [-0.25, -0.2) is 0 Å². The molecule has 2 aromatic heterocycles. The molecule has 1 saturated heterocycles. The van der Waals surface area contributed by atoms with Crippen LogP contribution in [0.1, 0.15) is 37.6 Å². The molecular formula is C21H26N6O. The molecular weight excluding hydrogens is 352 g/mol. The number of likely N-dealkylation sites (tertiary alicyclic amines) is 1. The molecule has 146 valence electrons. The topological polar surface area (TPSA) is 75.4 Å². The summed E-state index contributed by atoms with van der Waals surface area (Å²) >= 11 is 0. The number of aromatic nitrogens is 4. The molecule has 0 spiro atoms. The van der Waals surface area contributed by atoms with Crippen LogP contribution in [0.15, 0.2) is 42.5 Å². The van der Waals surface area contributed by atoms with Crippen molar-refractivity contribution in [2.24, 2.45) is 5.92 Å². The first kappa shape index (κ1) is 18.4. The van der Waals surface area contributed by atoms with Gasteiger partial charge in [-0.3, -0.25) is 4.79 Å². The van der Waals surface area contributed by atoms with Crippen LogP contribution in [-0.4, -0.2) is 43.7 Å². The molecule has 3 aromatic rings. The average Bonchev–Trinajstić information content (AvgIpc) is 3.14. The summed E-state index contributed by atoms with van der Waals surface area (Å²) in [4.78, 5) is 14.5. The fourth-order valence-corrected chi connectivity index (χ4v) is 3.51. The smallest absolute Gasteiger partial charge is 0.223 e. The van der Waals surface area contributed by atoms with Crippen LogP contribution < -0.4 is 5.32 Å². The van der Waals surface area contributed by atoms with Gasteiger partial charge in [-0.05, 0) is 36.5 Å². The number of carbonyl (C=O) groups excluding carboxylic acids is 1. The lowest BCUT2D eigenvalue weighted by Gasteiger charge is -2.30. The molecule has 7 nitrogen and oxygen atoms in total. The minimum Gasteiger partial charge on any atom is -0.365 e.